The smallest absolute Gasteiger partial charge is 0.118 e. The zero-order valence-corrected chi connectivity index (χ0v) is 11.9. The van der Waals surface area contributed by atoms with E-state index in [1.165, 1.54) is 37.9 Å². The minimum Gasteiger partial charge on any atom is -0.296 e. The second kappa shape index (κ2) is 5.63. The molecule has 2 rings (SSSR count). The lowest BCUT2D eigenvalue weighted by molar-refractivity contribution is 0.401. The predicted octanol–water partition coefficient (Wildman–Crippen LogP) is 3.19. The summed E-state index contributed by atoms with van der Waals surface area (Å²) < 4.78 is 0. The van der Waals surface area contributed by atoms with Crippen molar-refractivity contribution in [1.29, 1.82) is 5.26 Å². The van der Waals surface area contributed by atoms with Crippen molar-refractivity contribution in [1.82, 2.24) is 5.32 Å². The molecule has 1 N–H and O–H groups in total. The Morgan fingerprint density at radius 3 is 2.53 bits per heavy atom. The lowest BCUT2D eigenvalue weighted by atomic mass is 9.97. The SMILES string of the molecule is CC(C)CCSCC(C#N)(NC1CC1)C1CC1. The van der Waals surface area contributed by atoms with Gasteiger partial charge in [0.25, 0.3) is 0 Å². The maximum Gasteiger partial charge on any atom is 0.118 e. The number of hydrogen-bond acceptors (Lipinski definition) is 3. The molecule has 0 heterocycles. The van der Waals surface area contributed by atoms with E-state index >= 15 is 0 Å². The molecule has 0 aromatic rings. The van der Waals surface area contributed by atoms with E-state index in [0.29, 0.717) is 12.0 Å². The molecule has 96 valence electrons. The molecule has 2 aliphatic carbocycles. The van der Waals surface area contributed by atoms with E-state index in [1.807, 2.05) is 11.8 Å². The lowest BCUT2D eigenvalue weighted by Crippen LogP contribution is -2.49. The highest BCUT2D eigenvalue weighted by atomic mass is 32.2. The quantitative estimate of drug-likeness (QED) is 0.674. The van der Waals surface area contributed by atoms with E-state index in [0.717, 1.165) is 11.7 Å². The van der Waals surface area contributed by atoms with E-state index in [1.54, 1.807) is 0 Å². The average Bonchev–Trinajstić information content (AvgIpc) is 3.14. The van der Waals surface area contributed by atoms with Crippen molar-refractivity contribution in [3.05, 3.63) is 0 Å². The summed E-state index contributed by atoms with van der Waals surface area (Å²) in [4.78, 5) is 0. The van der Waals surface area contributed by atoms with Gasteiger partial charge in [-0.1, -0.05) is 13.8 Å². The molecule has 1 atom stereocenters. The fourth-order valence-corrected chi connectivity index (χ4v) is 3.64. The first-order chi connectivity index (χ1) is 8.16. The molecule has 0 bridgehead atoms. The van der Waals surface area contributed by atoms with Gasteiger partial charge in [0, 0.05) is 11.8 Å². The first-order valence-electron chi connectivity index (χ1n) is 6.93. The molecule has 17 heavy (non-hydrogen) atoms. The molecule has 2 aliphatic rings. The molecule has 2 nitrogen and oxygen atoms in total. The predicted molar refractivity (Wildman–Crippen MR) is 74.0 cm³/mol. The van der Waals surface area contributed by atoms with Crippen molar-refractivity contribution < 1.29 is 0 Å². The van der Waals surface area contributed by atoms with Gasteiger partial charge in [-0.05, 0) is 49.7 Å². The van der Waals surface area contributed by atoms with E-state index in [-0.39, 0.29) is 5.54 Å². The standard InChI is InChI=1S/C14H24N2S/c1-11(2)7-8-17-10-14(9-15,12-3-4-12)16-13-5-6-13/h11-13,16H,3-8,10H2,1-2H3. The highest BCUT2D eigenvalue weighted by molar-refractivity contribution is 7.99. The van der Waals surface area contributed by atoms with Crippen molar-refractivity contribution in [3.8, 4) is 6.07 Å². The normalized spacial score (nSPS) is 23.4. The number of rotatable bonds is 8. The molecule has 0 spiro atoms. The summed E-state index contributed by atoms with van der Waals surface area (Å²) >= 11 is 1.97. The summed E-state index contributed by atoms with van der Waals surface area (Å²) in [7, 11) is 0. The van der Waals surface area contributed by atoms with Crippen LogP contribution in [-0.4, -0.2) is 23.1 Å². The Balaban J connectivity index is 1.80. The summed E-state index contributed by atoms with van der Waals surface area (Å²) in [5.41, 5.74) is -0.206. The van der Waals surface area contributed by atoms with Gasteiger partial charge in [-0.25, -0.2) is 0 Å². The van der Waals surface area contributed by atoms with Gasteiger partial charge in [-0.2, -0.15) is 17.0 Å². The van der Waals surface area contributed by atoms with E-state index in [9.17, 15) is 5.26 Å². The number of hydrogen-bond donors (Lipinski definition) is 1. The van der Waals surface area contributed by atoms with E-state index in [2.05, 4.69) is 25.2 Å². The Morgan fingerprint density at radius 1 is 1.35 bits per heavy atom. The van der Waals surface area contributed by atoms with E-state index in [4.69, 9.17) is 0 Å². The van der Waals surface area contributed by atoms with Crippen molar-refractivity contribution in [2.24, 2.45) is 11.8 Å². The molecule has 0 radical (unpaired) electrons. The van der Waals surface area contributed by atoms with Gasteiger partial charge in [-0.3, -0.25) is 5.32 Å². The van der Waals surface area contributed by atoms with E-state index < -0.39 is 0 Å². The zero-order valence-electron chi connectivity index (χ0n) is 11.0. The van der Waals surface area contributed by atoms with Crippen LogP contribution in [0, 0.1) is 23.2 Å². The Hall–Kier alpha value is -0.200. The molecule has 3 heteroatoms. The monoisotopic (exact) mass is 252 g/mol. The fourth-order valence-electron chi connectivity index (χ4n) is 2.15. The van der Waals surface area contributed by atoms with Crippen molar-refractivity contribution >= 4 is 11.8 Å². The zero-order chi connectivity index (χ0) is 12.3. The molecule has 0 aliphatic heterocycles. The molecule has 0 amide bonds. The van der Waals surface area contributed by atoms with Crippen molar-refractivity contribution in [3.63, 3.8) is 0 Å². The minimum absolute atomic E-state index is 0.206. The molecule has 1 unspecified atom stereocenters. The second-order valence-corrected chi connectivity index (χ2v) is 7.12. The van der Waals surface area contributed by atoms with Crippen LogP contribution in [0.1, 0.15) is 46.0 Å². The third kappa shape index (κ3) is 3.89. The van der Waals surface area contributed by atoms with Gasteiger partial charge in [0.2, 0.25) is 0 Å². The Kier molecular flexibility index (Phi) is 4.38. The van der Waals surface area contributed by atoms with Gasteiger partial charge in [0.05, 0.1) is 6.07 Å². The van der Waals surface area contributed by atoms with Gasteiger partial charge in [0.15, 0.2) is 0 Å². The van der Waals surface area contributed by atoms with Crippen LogP contribution in [0.2, 0.25) is 0 Å². The summed E-state index contributed by atoms with van der Waals surface area (Å²) in [6, 6.07) is 3.24. The highest BCUT2D eigenvalue weighted by Gasteiger charge is 2.47. The van der Waals surface area contributed by atoms with Crippen LogP contribution in [0.4, 0.5) is 0 Å². The Morgan fingerprint density at radius 2 is 2.06 bits per heavy atom. The average molecular weight is 252 g/mol. The van der Waals surface area contributed by atoms with Gasteiger partial charge in [-0.15, -0.1) is 0 Å². The fraction of sp³-hybridized carbons (Fsp3) is 0.929. The molecule has 2 fully saturated rings. The van der Waals surface area contributed by atoms with Gasteiger partial charge < -0.3 is 0 Å². The van der Waals surface area contributed by atoms with Gasteiger partial charge >= 0.3 is 0 Å². The maximum atomic E-state index is 9.55. The molecule has 0 saturated heterocycles. The lowest BCUT2D eigenvalue weighted by Gasteiger charge is -2.28. The maximum absolute atomic E-state index is 9.55. The van der Waals surface area contributed by atoms with Crippen LogP contribution in [0.3, 0.4) is 0 Å². The van der Waals surface area contributed by atoms with Crippen LogP contribution in [-0.2, 0) is 0 Å². The molecular weight excluding hydrogens is 228 g/mol. The Labute approximate surface area is 110 Å². The highest BCUT2D eigenvalue weighted by Crippen LogP contribution is 2.43. The van der Waals surface area contributed by atoms with Crippen LogP contribution >= 0.6 is 11.8 Å². The first kappa shape index (κ1) is 13.2. The van der Waals surface area contributed by atoms with Crippen LogP contribution in [0.15, 0.2) is 0 Å². The molecule has 0 aromatic carbocycles. The van der Waals surface area contributed by atoms with Crippen LogP contribution in [0.25, 0.3) is 0 Å². The molecular formula is C14H24N2S. The number of nitrogens with zero attached hydrogens (tertiary/aromatic N) is 1. The third-order valence-electron chi connectivity index (χ3n) is 3.68. The number of nitriles is 1. The summed E-state index contributed by atoms with van der Waals surface area (Å²) in [5.74, 6) is 3.58. The Bertz CT molecular complexity index is 289. The molecule has 2 saturated carbocycles. The van der Waals surface area contributed by atoms with Gasteiger partial charge in [0.1, 0.15) is 5.54 Å². The topological polar surface area (TPSA) is 35.8 Å². The van der Waals surface area contributed by atoms with Crippen LogP contribution < -0.4 is 5.32 Å². The third-order valence-corrected chi connectivity index (χ3v) is 4.87. The van der Waals surface area contributed by atoms with Crippen molar-refractivity contribution in [2.45, 2.75) is 57.5 Å². The molecule has 0 aromatic heterocycles. The minimum atomic E-state index is -0.206. The second-order valence-electron chi connectivity index (χ2n) is 6.01. The summed E-state index contributed by atoms with van der Waals surface area (Å²) in [6.45, 7) is 4.53. The van der Waals surface area contributed by atoms with Crippen LogP contribution in [0.5, 0.6) is 0 Å². The number of nitrogens with one attached hydrogen (secondary N) is 1. The first-order valence-corrected chi connectivity index (χ1v) is 8.08. The number of thioether (sulfide) groups is 1. The van der Waals surface area contributed by atoms with Crippen molar-refractivity contribution in [2.75, 3.05) is 11.5 Å². The summed E-state index contributed by atoms with van der Waals surface area (Å²) in [6.07, 6.45) is 6.30. The largest absolute Gasteiger partial charge is 0.296 e. The summed E-state index contributed by atoms with van der Waals surface area (Å²) in [5, 5.41) is 13.2.